The molecule has 1 aromatic rings. The van der Waals surface area contributed by atoms with Gasteiger partial charge in [0.25, 0.3) is 5.91 Å². The van der Waals surface area contributed by atoms with Gasteiger partial charge in [-0.15, -0.1) is 0 Å². The summed E-state index contributed by atoms with van der Waals surface area (Å²) < 4.78 is 0. The molecule has 138 valence electrons. The van der Waals surface area contributed by atoms with Gasteiger partial charge in [-0.25, -0.2) is 0 Å². The van der Waals surface area contributed by atoms with Crippen molar-refractivity contribution in [2.45, 2.75) is 32.1 Å². The number of nitrogens with zero attached hydrogens (tertiary/aromatic N) is 3. The van der Waals surface area contributed by atoms with Crippen LogP contribution in [0.4, 0.5) is 5.69 Å². The Bertz CT molecular complexity index is 762. The highest BCUT2D eigenvalue weighted by atomic mass is 16.2. The van der Waals surface area contributed by atoms with Crippen molar-refractivity contribution >= 4 is 23.4 Å². The zero-order chi connectivity index (χ0) is 18.3. The van der Waals surface area contributed by atoms with Crippen LogP contribution in [0.2, 0.25) is 0 Å². The van der Waals surface area contributed by atoms with E-state index >= 15 is 0 Å². The Balaban J connectivity index is 1.52. The third kappa shape index (κ3) is 2.77. The van der Waals surface area contributed by atoms with Gasteiger partial charge in [0, 0.05) is 50.9 Å². The topological polar surface area (TPSA) is 60.9 Å². The molecule has 3 aliphatic heterocycles. The molecule has 26 heavy (non-hydrogen) atoms. The van der Waals surface area contributed by atoms with Crippen LogP contribution in [-0.4, -0.2) is 60.7 Å². The lowest BCUT2D eigenvalue weighted by Gasteiger charge is -2.37. The summed E-state index contributed by atoms with van der Waals surface area (Å²) in [5.41, 5.74) is 0.988. The smallest absolute Gasteiger partial charge is 0.253 e. The molecule has 6 nitrogen and oxygen atoms in total. The predicted molar refractivity (Wildman–Crippen MR) is 97.9 cm³/mol. The molecule has 3 saturated heterocycles. The summed E-state index contributed by atoms with van der Waals surface area (Å²) in [7, 11) is 1.85. The number of rotatable bonds is 2. The third-order valence-electron chi connectivity index (χ3n) is 6.07. The van der Waals surface area contributed by atoms with Gasteiger partial charge in [0.2, 0.25) is 11.8 Å². The van der Waals surface area contributed by atoms with E-state index in [1.165, 1.54) is 0 Å². The molecule has 1 spiro atoms. The van der Waals surface area contributed by atoms with Crippen molar-refractivity contribution in [2.75, 3.05) is 38.1 Å². The van der Waals surface area contributed by atoms with E-state index < -0.39 is 5.41 Å². The lowest BCUT2D eigenvalue weighted by Crippen LogP contribution is -2.48. The highest BCUT2D eigenvalue weighted by Crippen LogP contribution is 2.40. The van der Waals surface area contributed by atoms with Crippen LogP contribution in [0.1, 0.15) is 42.5 Å². The highest BCUT2D eigenvalue weighted by Gasteiger charge is 2.48. The number of likely N-dealkylation sites (tertiary alicyclic amines) is 2. The van der Waals surface area contributed by atoms with E-state index in [0.717, 1.165) is 37.9 Å². The van der Waals surface area contributed by atoms with Crippen molar-refractivity contribution in [3.8, 4) is 0 Å². The average molecular weight is 355 g/mol. The molecule has 0 N–H and O–H groups in total. The summed E-state index contributed by atoms with van der Waals surface area (Å²) in [6.45, 7) is 2.64. The Kier molecular flexibility index (Phi) is 4.21. The number of benzene rings is 1. The van der Waals surface area contributed by atoms with E-state index in [1.54, 1.807) is 15.9 Å². The van der Waals surface area contributed by atoms with E-state index in [1.807, 2.05) is 30.1 Å². The van der Waals surface area contributed by atoms with Gasteiger partial charge < -0.3 is 14.7 Å². The standard InChI is InChI=1S/C20H25N3O3/c1-21-10-4-8-20(19(21)26)9-12-22(14-20)18(25)15-5-2-6-16(13-15)23-11-3-7-17(23)24/h2,5-6,13H,3-4,7-12,14H2,1H3. The second-order valence-electron chi connectivity index (χ2n) is 7.79. The number of carbonyl (C=O) groups excluding carboxylic acids is 3. The van der Waals surface area contributed by atoms with E-state index in [4.69, 9.17) is 0 Å². The maximum absolute atomic E-state index is 13.0. The number of anilines is 1. The fraction of sp³-hybridized carbons (Fsp3) is 0.550. The summed E-state index contributed by atoms with van der Waals surface area (Å²) in [6.07, 6.45) is 4.04. The van der Waals surface area contributed by atoms with Gasteiger partial charge in [-0.2, -0.15) is 0 Å². The monoisotopic (exact) mass is 355 g/mol. The Morgan fingerprint density at radius 2 is 1.92 bits per heavy atom. The summed E-state index contributed by atoms with van der Waals surface area (Å²) in [5, 5.41) is 0. The minimum absolute atomic E-state index is 0.0450. The molecule has 1 unspecified atom stereocenters. The number of hydrogen-bond donors (Lipinski definition) is 0. The molecule has 0 radical (unpaired) electrons. The lowest BCUT2D eigenvalue weighted by atomic mass is 9.78. The first kappa shape index (κ1) is 17.1. The van der Waals surface area contributed by atoms with Crippen LogP contribution >= 0.6 is 0 Å². The highest BCUT2D eigenvalue weighted by molar-refractivity contribution is 5.99. The van der Waals surface area contributed by atoms with E-state index in [2.05, 4.69) is 0 Å². The minimum Gasteiger partial charge on any atom is -0.345 e. The van der Waals surface area contributed by atoms with Crippen LogP contribution in [-0.2, 0) is 9.59 Å². The van der Waals surface area contributed by atoms with Gasteiger partial charge in [-0.05, 0) is 43.9 Å². The van der Waals surface area contributed by atoms with Gasteiger partial charge >= 0.3 is 0 Å². The van der Waals surface area contributed by atoms with E-state index in [0.29, 0.717) is 31.6 Å². The molecule has 3 fully saturated rings. The Hall–Kier alpha value is -2.37. The van der Waals surface area contributed by atoms with Crippen molar-refractivity contribution in [3.63, 3.8) is 0 Å². The van der Waals surface area contributed by atoms with Crippen molar-refractivity contribution < 1.29 is 14.4 Å². The first-order valence-corrected chi connectivity index (χ1v) is 9.45. The molecule has 6 heteroatoms. The Morgan fingerprint density at radius 1 is 1.08 bits per heavy atom. The molecule has 0 aromatic heterocycles. The number of amides is 3. The maximum atomic E-state index is 13.0. The van der Waals surface area contributed by atoms with Crippen molar-refractivity contribution in [1.29, 1.82) is 0 Å². The lowest BCUT2D eigenvalue weighted by molar-refractivity contribution is -0.143. The van der Waals surface area contributed by atoms with E-state index in [9.17, 15) is 14.4 Å². The fourth-order valence-corrected chi connectivity index (χ4v) is 4.60. The second kappa shape index (κ2) is 6.41. The zero-order valence-corrected chi connectivity index (χ0v) is 15.2. The van der Waals surface area contributed by atoms with Gasteiger partial charge in [-0.1, -0.05) is 6.07 Å². The van der Waals surface area contributed by atoms with Crippen molar-refractivity contribution in [2.24, 2.45) is 5.41 Å². The largest absolute Gasteiger partial charge is 0.345 e. The first-order chi connectivity index (χ1) is 12.5. The van der Waals surface area contributed by atoms with Gasteiger partial charge in [0.1, 0.15) is 0 Å². The number of hydrogen-bond acceptors (Lipinski definition) is 3. The summed E-state index contributed by atoms with van der Waals surface area (Å²) in [4.78, 5) is 43.0. The molecular weight excluding hydrogens is 330 g/mol. The van der Waals surface area contributed by atoms with Crippen LogP contribution < -0.4 is 4.90 Å². The molecule has 3 aliphatic rings. The van der Waals surface area contributed by atoms with Crippen molar-refractivity contribution in [1.82, 2.24) is 9.80 Å². The Labute approximate surface area is 153 Å². The summed E-state index contributed by atoms with van der Waals surface area (Å²) in [5.74, 6) is 0.248. The first-order valence-electron chi connectivity index (χ1n) is 9.45. The van der Waals surface area contributed by atoms with Gasteiger partial charge in [0.15, 0.2) is 0 Å². The molecule has 0 bridgehead atoms. The predicted octanol–water partition coefficient (Wildman–Crippen LogP) is 1.90. The molecule has 3 amide bonds. The van der Waals surface area contributed by atoms with Crippen LogP contribution in [0.5, 0.6) is 0 Å². The molecular formula is C20H25N3O3. The van der Waals surface area contributed by atoms with Gasteiger partial charge in [0.05, 0.1) is 5.41 Å². The quantitative estimate of drug-likeness (QED) is 0.814. The number of carbonyl (C=O) groups is 3. The van der Waals surface area contributed by atoms with Crippen LogP contribution in [0, 0.1) is 5.41 Å². The van der Waals surface area contributed by atoms with Crippen LogP contribution in [0.25, 0.3) is 0 Å². The average Bonchev–Trinajstić information content (AvgIpc) is 3.26. The van der Waals surface area contributed by atoms with Crippen molar-refractivity contribution in [3.05, 3.63) is 29.8 Å². The normalized spacial score (nSPS) is 26.3. The third-order valence-corrected chi connectivity index (χ3v) is 6.07. The zero-order valence-electron chi connectivity index (χ0n) is 15.2. The molecule has 0 aliphatic carbocycles. The summed E-state index contributed by atoms with van der Waals surface area (Å²) >= 11 is 0. The molecule has 1 atom stereocenters. The Morgan fingerprint density at radius 3 is 2.69 bits per heavy atom. The molecule has 0 saturated carbocycles. The SMILES string of the molecule is CN1CCCC2(CCN(C(=O)c3cccc(N4CCCC4=O)c3)C2)C1=O. The van der Waals surface area contributed by atoms with Gasteiger partial charge in [-0.3, -0.25) is 14.4 Å². The van der Waals surface area contributed by atoms with Crippen LogP contribution in [0.3, 0.4) is 0 Å². The van der Waals surface area contributed by atoms with E-state index in [-0.39, 0.29) is 17.7 Å². The minimum atomic E-state index is -0.398. The molecule has 3 heterocycles. The second-order valence-corrected chi connectivity index (χ2v) is 7.79. The summed E-state index contributed by atoms with van der Waals surface area (Å²) in [6, 6.07) is 7.32. The molecule has 1 aromatic carbocycles. The fourth-order valence-electron chi connectivity index (χ4n) is 4.60. The maximum Gasteiger partial charge on any atom is 0.253 e. The number of piperidine rings is 1. The van der Waals surface area contributed by atoms with Crippen LogP contribution in [0.15, 0.2) is 24.3 Å². The molecule has 4 rings (SSSR count).